The van der Waals surface area contributed by atoms with E-state index in [0.717, 1.165) is 10.5 Å². The molecule has 2 aromatic heterocycles. The second-order valence-electron chi connectivity index (χ2n) is 5.11. The van der Waals surface area contributed by atoms with Gasteiger partial charge in [-0.05, 0) is 36.4 Å². The number of thioether (sulfide) groups is 1. The summed E-state index contributed by atoms with van der Waals surface area (Å²) in [6, 6.07) is 9.77. The third-order valence-corrected chi connectivity index (χ3v) is 4.36. The molecule has 5 nitrogen and oxygen atoms in total. The molecule has 0 aliphatic carbocycles. The molecule has 25 heavy (non-hydrogen) atoms. The highest BCUT2D eigenvalue weighted by Gasteiger charge is 2.10. The first-order chi connectivity index (χ1) is 12.2. The lowest BCUT2D eigenvalue weighted by molar-refractivity contribution is -0.118. The molecule has 3 rings (SSSR count). The molecular formula is C18H15FN4OS. The average molecular weight is 354 g/mol. The van der Waals surface area contributed by atoms with Crippen LogP contribution in [0.5, 0.6) is 0 Å². The molecule has 0 atom stereocenters. The quantitative estimate of drug-likeness (QED) is 0.689. The minimum Gasteiger partial charge on any atom is -0.350 e. The average Bonchev–Trinajstić information content (AvgIpc) is 2.67. The van der Waals surface area contributed by atoms with Gasteiger partial charge in [0, 0.05) is 35.2 Å². The Labute approximate surface area is 148 Å². The summed E-state index contributed by atoms with van der Waals surface area (Å²) in [6.45, 7) is 0.279. The molecule has 1 N–H and O–H groups in total. The van der Waals surface area contributed by atoms with E-state index in [2.05, 4.69) is 20.3 Å². The molecule has 0 radical (unpaired) electrons. The van der Waals surface area contributed by atoms with E-state index >= 15 is 0 Å². The van der Waals surface area contributed by atoms with Crippen LogP contribution in [0, 0.1) is 5.82 Å². The van der Waals surface area contributed by atoms with Gasteiger partial charge in [-0.1, -0.05) is 0 Å². The number of hydrogen-bond donors (Lipinski definition) is 1. The summed E-state index contributed by atoms with van der Waals surface area (Å²) in [5, 5.41) is 2.83. The zero-order chi connectivity index (χ0) is 17.5. The molecule has 7 heteroatoms. The van der Waals surface area contributed by atoms with Crippen LogP contribution in [-0.4, -0.2) is 26.6 Å². The van der Waals surface area contributed by atoms with Crippen LogP contribution < -0.4 is 5.32 Å². The molecule has 2 heterocycles. The first-order valence-corrected chi connectivity index (χ1v) is 8.56. The molecule has 0 unspecified atom stereocenters. The largest absolute Gasteiger partial charge is 0.350 e. The minimum absolute atomic E-state index is 0.128. The van der Waals surface area contributed by atoms with Gasteiger partial charge in [0.1, 0.15) is 5.82 Å². The zero-order valence-corrected chi connectivity index (χ0v) is 14.0. The number of nitrogens with one attached hydrogen (secondary N) is 1. The molecule has 1 amide bonds. The van der Waals surface area contributed by atoms with E-state index in [1.165, 1.54) is 23.9 Å². The Kier molecular flexibility index (Phi) is 5.69. The lowest BCUT2D eigenvalue weighted by atomic mass is 10.1. The fourth-order valence-electron chi connectivity index (χ4n) is 2.15. The van der Waals surface area contributed by atoms with Crippen molar-refractivity contribution in [3.8, 4) is 11.3 Å². The van der Waals surface area contributed by atoms with Crippen molar-refractivity contribution in [2.45, 2.75) is 11.4 Å². The second-order valence-corrected chi connectivity index (χ2v) is 6.16. The highest BCUT2D eigenvalue weighted by Crippen LogP contribution is 2.19. The number of rotatable bonds is 6. The van der Waals surface area contributed by atoms with Crippen LogP contribution in [0.15, 0.2) is 66.1 Å². The van der Waals surface area contributed by atoms with Gasteiger partial charge in [0.25, 0.3) is 0 Å². The van der Waals surface area contributed by atoms with Crippen LogP contribution in [0.2, 0.25) is 0 Å². The molecule has 0 saturated carbocycles. The van der Waals surface area contributed by atoms with Crippen LogP contribution in [0.1, 0.15) is 5.69 Å². The third-order valence-electron chi connectivity index (χ3n) is 3.35. The van der Waals surface area contributed by atoms with Gasteiger partial charge in [-0.15, -0.1) is 11.8 Å². The van der Waals surface area contributed by atoms with Gasteiger partial charge in [0.2, 0.25) is 5.91 Å². The van der Waals surface area contributed by atoms with Crippen molar-refractivity contribution in [2.24, 2.45) is 0 Å². The Hall–Kier alpha value is -2.80. The molecule has 0 saturated heterocycles. The third kappa shape index (κ3) is 4.84. The normalized spacial score (nSPS) is 10.4. The summed E-state index contributed by atoms with van der Waals surface area (Å²) < 4.78 is 12.9. The van der Waals surface area contributed by atoms with E-state index in [1.807, 2.05) is 12.1 Å². The van der Waals surface area contributed by atoms with E-state index < -0.39 is 0 Å². The Balaban J connectivity index is 1.58. The fourth-order valence-corrected chi connectivity index (χ4v) is 2.88. The van der Waals surface area contributed by atoms with Crippen molar-refractivity contribution in [1.29, 1.82) is 0 Å². The van der Waals surface area contributed by atoms with Gasteiger partial charge in [0.05, 0.1) is 23.7 Å². The van der Waals surface area contributed by atoms with Gasteiger partial charge in [-0.2, -0.15) is 0 Å². The minimum atomic E-state index is -0.292. The van der Waals surface area contributed by atoms with E-state index in [-0.39, 0.29) is 24.0 Å². The summed E-state index contributed by atoms with van der Waals surface area (Å²) in [4.78, 5) is 25.6. The van der Waals surface area contributed by atoms with Gasteiger partial charge in [0.15, 0.2) is 0 Å². The number of halogens is 1. The standard InChI is InChI=1S/C18H15FN4OS/c19-14-3-5-15(6-4-14)25-12-17(24)23-11-16-18(22-9-8-21-16)13-2-1-7-20-10-13/h1-10H,11-12H2,(H,23,24). The molecule has 0 aliphatic heterocycles. The van der Waals surface area contributed by atoms with Crippen molar-refractivity contribution in [1.82, 2.24) is 20.3 Å². The monoisotopic (exact) mass is 354 g/mol. The molecule has 0 aliphatic rings. The maximum atomic E-state index is 12.9. The number of hydrogen-bond acceptors (Lipinski definition) is 5. The number of benzene rings is 1. The molecule has 0 bridgehead atoms. The molecular weight excluding hydrogens is 339 g/mol. The highest BCUT2D eigenvalue weighted by molar-refractivity contribution is 8.00. The fraction of sp³-hybridized carbons (Fsp3) is 0.111. The van der Waals surface area contributed by atoms with Crippen LogP contribution >= 0.6 is 11.8 Å². The highest BCUT2D eigenvalue weighted by atomic mass is 32.2. The van der Waals surface area contributed by atoms with Crippen molar-refractivity contribution in [2.75, 3.05) is 5.75 Å². The Morgan fingerprint density at radius 3 is 2.64 bits per heavy atom. The lowest BCUT2D eigenvalue weighted by Crippen LogP contribution is -2.25. The summed E-state index contributed by atoms with van der Waals surface area (Å²) in [5.74, 6) is -0.176. The Morgan fingerprint density at radius 2 is 1.88 bits per heavy atom. The number of pyridine rings is 1. The van der Waals surface area contributed by atoms with Gasteiger partial charge < -0.3 is 5.32 Å². The van der Waals surface area contributed by atoms with Crippen LogP contribution in [-0.2, 0) is 11.3 Å². The maximum Gasteiger partial charge on any atom is 0.230 e. The van der Waals surface area contributed by atoms with Crippen molar-refractivity contribution in [3.05, 3.63) is 72.7 Å². The van der Waals surface area contributed by atoms with E-state index in [1.54, 1.807) is 36.9 Å². The van der Waals surface area contributed by atoms with Crippen molar-refractivity contribution >= 4 is 17.7 Å². The molecule has 0 spiro atoms. The predicted molar refractivity (Wildman–Crippen MR) is 94.2 cm³/mol. The van der Waals surface area contributed by atoms with Crippen molar-refractivity contribution in [3.63, 3.8) is 0 Å². The van der Waals surface area contributed by atoms with Crippen LogP contribution in [0.3, 0.4) is 0 Å². The SMILES string of the molecule is O=C(CSc1ccc(F)cc1)NCc1nccnc1-c1cccnc1. The Morgan fingerprint density at radius 1 is 1.08 bits per heavy atom. The van der Waals surface area contributed by atoms with Gasteiger partial charge >= 0.3 is 0 Å². The number of amides is 1. The number of aromatic nitrogens is 3. The summed E-state index contributed by atoms with van der Waals surface area (Å²) in [5.41, 5.74) is 2.22. The summed E-state index contributed by atoms with van der Waals surface area (Å²) >= 11 is 1.35. The van der Waals surface area contributed by atoms with E-state index in [0.29, 0.717) is 11.4 Å². The van der Waals surface area contributed by atoms with Gasteiger partial charge in [-0.3, -0.25) is 19.7 Å². The van der Waals surface area contributed by atoms with Gasteiger partial charge in [-0.25, -0.2) is 4.39 Å². The molecule has 126 valence electrons. The number of nitrogens with zero attached hydrogens (tertiary/aromatic N) is 3. The molecule has 1 aromatic carbocycles. The maximum absolute atomic E-state index is 12.9. The Bertz CT molecular complexity index is 843. The van der Waals surface area contributed by atoms with E-state index in [4.69, 9.17) is 0 Å². The summed E-state index contributed by atoms with van der Waals surface area (Å²) in [6.07, 6.45) is 6.60. The van der Waals surface area contributed by atoms with Crippen LogP contribution in [0.25, 0.3) is 11.3 Å². The summed E-state index contributed by atoms with van der Waals surface area (Å²) in [7, 11) is 0. The lowest BCUT2D eigenvalue weighted by Gasteiger charge is -2.09. The predicted octanol–water partition coefficient (Wildman–Crippen LogP) is 3.09. The smallest absolute Gasteiger partial charge is 0.230 e. The number of carbonyl (C=O) groups excluding carboxylic acids is 1. The topological polar surface area (TPSA) is 67.8 Å². The van der Waals surface area contributed by atoms with Crippen molar-refractivity contribution < 1.29 is 9.18 Å². The molecule has 0 fully saturated rings. The number of carbonyl (C=O) groups is 1. The molecule has 3 aromatic rings. The van der Waals surface area contributed by atoms with E-state index in [9.17, 15) is 9.18 Å². The second kappa shape index (κ2) is 8.34. The zero-order valence-electron chi connectivity index (χ0n) is 13.2. The first kappa shape index (κ1) is 17.0. The first-order valence-electron chi connectivity index (χ1n) is 7.58. The van der Waals surface area contributed by atoms with Crippen LogP contribution in [0.4, 0.5) is 4.39 Å².